The third-order valence-corrected chi connectivity index (χ3v) is 3.67. The van der Waals surface area contributed by atoms with Crippen LogP contribution in [0.3, 0.4) is 0 Å². The van der Waals surface area contributed by atoms with Gasteiger partial charge in [-0.25, -0.2) is 4.99 Å². The fraction of sp³-hybridized carbons (Fsp3) is 0.632. The molecule has 0 fully saturated rings. The predicted octanol–water partition coefficient (Wildman–Crippen LogP) is 3.20. The number of methoxy groups -OCH3 is 3. The molecule has 8 heteroatoms. The van der Waals surface area contributed by atoms with E-state index in [4.69, 9.17) is 18.9 Å². The van der Waals surface area contributed by atoms with E-state index in [2.05, 4.69) is 22.5 Å². The lowest BCUT2D eigenvalue weighted by Crippen LogP contribution is -2.39. The summed E-state index contributed by atoms with van der Waals surface area (Å²) in [6.45, 7) is 7.65. The van der Waals surface area contributed by atoms with Gasteiger partial charge in [0.15, 0.2) is 17.5 Å². The van der Waals surface area contributed by atoms with E-state index >= 15 is 0 Å². The summed E-state index contributed by atoms with van der Waals surface area (Å²) in [6.07, 6.45) is 2.24. The minimum absolute atomic E-state index is 0. The van der Waals surface area contributed by atoms with Crippen molar-refractivity contribution in [2.24, 2.45) is 4.99 Å². The van der Waals surface area contributed by atoms with Crippen LogP contribution in [-0.4, -0.2) is 53.6 Å². The number of nitrogens with zero attached hydrogens (tertiary/aromatic N) is 1. The SMILES string of the molecule is CCCCOCCNC(=NCc1cc(OC)c(OC)c(OC)c1)NCC.I. The van der Waals surface area contributed by atoms with Gasteiger partial charge in [-0.1, -0.05) is 13.3 Å². The molecule has 0 saturated carbocycles. The zero-order valence-electron chi connectivity index (χ0n) is 17.1. The fourth-order valence-electron chi connectivity index (χ4n) is 2.33. The Balaban J connectivity index is 0.00000676. The van der Waals surface area contributed by atoms with Crippen molar-refractivity contribution in [3.8, 4) is 17.2 Å². The van der Waals surface area contributed by atoms with E-state index in [0.29, 0.717) is 36.9 Å². The third kappa shape index (κ3) is 9.37. The second-order valence-electron chi connectivity index (χ2n) is 5.62. The highest BCUT2D eigenvalue weighted by Gasteiger charge is 2.13. The van der Waals surface area contributed by atoms with Gasteiger partial charge in [-0.2, -0.15) is 0 Å². The molecule has 0 unspecified atom stereocenters. The monoisotopic (exact) mass is 495 g/mol. The van der Waals surface area contributed by atoms with Gasteiger partial charge in [0.1, 0.15) is 0 Å². The van der Waals surface area contributed by atoms with Crippen LogP contribution in [0.15, 0.2) is 17.1 Å². The Morgan fingerprint density at radius 1 is 0.963 bits per heavy atom. The topological polar surface area (TPSA) is 73.3 Å². The first-order chi connectivity index (χ1) is 12.7. The van der Waals surface area contributed by atoms with Crippen LogP contribution in [0.25, 0.3) is 0 Å². The molecule has 2 N–H and O–H groups in total. The Bertz CT molecular complexity index is 531. The van der Waals surface area contributed by atoms with Gasteiger partial charge in [-0.15, -0.1) is 24.0 Å². The number of hydrogen-bond acceptors (Lipinski definition) is 5. The van der Waals surface area contributed by atoms with E-state index in [-0.39, 0.29) is 24.0 Å². The van der Waals surface area contributed by atoms with Crippen LogP contribution in [0.2, 0.25) is 0 Å². The quantitative estimate of drug-likeness (QED) is 0.201. The molecule has 0 heterocycles. The van der Waals surface area contributed by atoms with Crippen LogP contribution >= 0.6 is 24.0 Å². The minimum Gasteiger partial charge on any atom is -0.493 e. The first-order valence-electron chi connectivity index (χ1n) is 9.08. The van der Waals surface area contributed by atoms with E-state index in [0.717, 1.165) is 37.5 Å². The largest absolute Gasteiger partial charge is 0.493 e. The van der Waals surface area contributed by atoms with Crippen LogP contribution in [0, 0.1) is 0 Å². The van der Waals surface area contributed by atoms with Gasteiger partial charge in [-0.3, -0.25) is 0 Å². The highest BCUT2D eigenvalue weighted by atomic mass is 127. The Morgan fingerprint density at radius 3 is 2.15 bits per heavy atom. The fourth-order valence-corrected chi connectivity index (χ4v) is 2.33. The number of halogens is 1. The minimum atomic E-state index is 0. The van der Waals surface area contributed by atoms with Crippen molar-refractivity contribution in [2.75, 3.05) is 47.6 Å². The summed E-state index contributed by atoms with van der Waals surface area (Å²) in [4.78, 5) is 4.61. The molecule has 156 valence electrons. The third-order valence-electron chi connectivity index (χ3n) is 3.67. The molecule has 0 spiro atoms. The summed E-state index contributed by atoms with van der Waals surface area (Å²) in [6, 6.07) is 3.81. The predicted molar refractivity (Wildman–Crippen MR) is 120 cm³/mol. The molecule has 27 heavy (non-hydrogen) atoms. The zero-order valence-corrected chi connectivity index (χ0v) is 19.4. The van der Waals surface area contributed by atoms with E-state index in [9.17, 15) is 0 Å². The first kappa shape index (κ1) is 25.6. The van der Waals surface area contributed by atoms with Crippen LogP contribution < -0.4 is 24.8 Å². The highest BCUT2D eigenvalue weighted by Crippen LogP contribution is 2.38. The second kappa shape index (κ2) is 15.6. The molecule has 7 nitrogen and oxygen atoms in total. The van der Waals surface area contributed by atoms with E-state index < -0.39 is 0 Å². The molecule has 0 bridgehead atoms. The molecule has 0 amide bonds. The van der Waals surface area contributed by atoms with E-state index in [1.807, 2.05) is 19.1 Å². The molecule has 1 rings (SSSR count). The van der Waals surface area contributed by atoms with Gasteiger partial charge in [0.05, 0.1) is 34.5 Å². The van der Waals surface area contributed by atoms with Crippen LogP contribution in [0.5, 0.6) is 17.2 Å². The summed E-state index contributed by atoms with van der Waals surface area (Å²) in [5.41, 5.74) is 0.968. The smallest absolute Gasteiger partial charge is 0.203 e. The Labute approximate surface area is 180 Å². The summed E-state index contributed by atoms with van der Waals surface area (Å²) >= 11 is 0. The maximum atomic E-state index is 5.56. The number of nitrogens with one attached hydrogen (secondary N) is 2. The Kier molecular flexibility index (Phi) is 14.8. The van der Waals surface area contributed by atoms with Gasteiger partial charge in [0, 0.05) is 19.7 Å². The van der Waals surface area contributed by atoms with Gasteiger partial charge in [0.2, 0.25) is 5.75 Å². The number of rotatable bonds is 12. The molecule has 0 aromatic heterocycles. The van der Waals surface area contributed by atoms with Crippen molar-refractivity contribution < 1.29 is 18.9 Å². The van der Waals surface area contributed by atoms with Gasteiger partial charge in [0.25, 0.3) is 0 Å². The lowest BCUT2D eigenvalue weighted by Gasteiger charge is -2.14. The highest BCUT2D eigenvalue weighted by molar-refractivity contribution is 14.0. The number of guanidine groups is 1. The summed E-state index contributed by atoms with van der Waals surface area (Å²) in [5.74, 6) is 2.58. The normalized spacial score (nSPS) is 10.8. The van der Waals surface area contributed by atoms with Crippen molar-refractivity contribution in [3.05, 3.63) is 17.7 Å². The maximum absolute atomic E-state index is 5.56. The molecule has 0 radical (unpaired) electrons. The standard InChI is InChI=1S/C19H33N3O4.HI/c1-6-8-10-26-11-9-21-19(20-7-2)22-14-15-12-16(23-3)18(25-5)17(13-15)24-4;/h12-13H,6-11,14H2,1-5H3,(H2,20,21,22);1H. The molecule has 1 aromatic rings. The molecular weight excluding hydrogens is 461 g/mol. The van der Waals surface area contributed by atoms with Gasteiger partial charge < -0.3 is 29.6 Å². The molecule has 0 aliphatic carbocycles. The average molecular weight is 495 g/mol. The van der Waals surface area contributed by atoms with Gasteiger partial charge in [-0.05, 0) is 31.0 Å². The Morgan fingerprint density at radius 2 is 1.63 bits per heavy atom. The molecule has 0 saturated heterocycles. The molecular formula is C19H34IN3O4. The van der Waals surface area contributed by atoms with Crippen molar-refractivity contribution in [2.45, 2.75) is 33.2 Å². The van der Waals surface area contributed by atoms with Crippen LogP contribution in [0.1, 0.15) is 32.3 Å². The number of benzene rings is 1. The first-order valence-corrected chi connectivity index (χ1v) is 9.08. The number of hydrogen-bond donors (Lipinski definition) is 2. The van der Waals surface area contributed by atoms with Crippen LogP contribution in [-0.2, 0) is 11.3 Å². The molecule has 0 aliphatic rings. The van der Waals surface area contributed by atoms with Crippen molar-refractivity contribution in [1.29, 1.82) is 0 Å². The van der Waals surface area contributed by atoms with Crippen molar-refractivity contribution >= 4 is 29.9 Å². The lowest BCUT2D eigenvalue weighted by atomic mass is 10.2. The van der Waals surface area contributed by atoms with Crippen molar-refractivity contribution in [1.82, 2.24) is 10.6 Å². The second-order valence-corrected chi connectivity index (χ2v) is 5.62. The zero-order chi connectivity index (χ0) is 19.2. The molecule has 0 aliphatic heterocycles. The number of unbranched alkanes of at least 4 members (excludes halogenated alkanes) is 1. The lowest BCUT2D eigenvalue weighted by molar-refractivity contribution is 0.136. The van der Waals surface area contributed by atoms with Crippen LogP contribution in [0.4, 0.5) is 0 Å². The summed E-state index contributed by atoms with van der Waals surface area (Å²) < 4.78 is 21.7. The number of ether oxygens (including phenoxy) is 4. The van der Waals surface area contributed by atoms with Gasteiger partial charge >= 0.3 is 0 Å². The average Bonchev–Trinajstić information content (AvgIpc) is 2.67. The molecule has 1 aromatic carbocycles. The summed E-state index contributed by atoms with van der Waals surface area (Å²) in [7, 11) is 4.80. The Hall–Kier alpha value is -1.42. The van der Waals surface area contributed by atoms with E-state index in [1.165, 1.54) is 0 Å². The van der Waals surface area contributed by atoms with Crippen molar-refractivity contribution in [3.63, 3.8) is 0 Å². The summed E-state index contributed by atoms with van der Waals surface area (Å²) in [5, 5.41) is 6.51. The van der Waals surface area contributed by atoms with E-state index in [1.54, 1.807) is 21.3 Å². The molecule has 0 atom stereocenters. The number of aliphatic imine (C=N–C) groups is 1. The maximum Gasteiger partial charge on any atom is 0.203 e.